The molecule has 0 aliphatic heterocycles. The summed E-state index contributed by atoms with van der Waals surface area (Å²) in [5.41, 5.74) is 3.69. The van der Waals surface area contributed by atoms with Gasteiger partial charge in [0.05, 0.1) is 5.75 Å². The van der Waals surface area contributed by atoms with Crippen molar-refractivity contribution in [3.05, 3.63) is 34.9 Å². The Morgan fingerprint density at radius 2 is 2.19 bits per heavy atom. The number of halogens is 1. The van der Waals surface area contributed by atoms with Crippen LogP contribution in [0.15, 0.2) is 18.2 Å². The lowest BCUT2D eigenvalue weighted by atomic mass is 9.83. The van der Waals surface area contributed by atoms with Gasteiger partial charge in [-0.15, -0.1) is 0 Å². The van der Waals surface area contributed by atoms with Gasteiger partial charge in [-0.3, -0.25) is 0 Å². The maximum atomic E-state index is 11.1. The molecule has 1 aliphatic rings. The first-order valence-corrected chi connectivity index (χ1v) is 7.95. The molecular formula is C12H15ClO2S. The van der Waals surface area contributed by atoms with E-state index in [-0.39, 0.29) is 11.7 Å². The molecule has 88 valence electrons. The largest absolute Gasteiger partial charge is 0.233 e. The van der Waals surface area contributed by atoms with E-state index in [1.807, 2.05) is 6.07 Å². The molecule has 2 nitrogen and oxygen atoms in total. The van der Waals surface area contributed by atoms with Crippen molar-refractivity contribution >= 4 is 19.7 Å². The predicted molar refractivity (Wildman–Crippen MR) is 66.5 cm³/mol. The van der Waals surface area contributed by atoms with Crippen LogP contribution in [0, 0.1) is 6.92 Å². The van der Waals surface area contributed by atoms with Crippen molar-refractivity contribution in [1.29, 1.82) is 0 Å². The summed E-state index contributed by atoms with van der Waals surface area (Å²) in [4.78, 5) is 0. The molecule has 16 heavy (non-hydrogen) atoms. The van der Waals surface area contributed by atoms with Crippen LogP contribution in [-0.2, 0) is 15.5 Å². The van der Waals surface area contributed by atoms with Gasteiger partial charge in [-0.05, 0) is 43.2 Å². The molecule has 1 aromatic carbocycles. The standard InChI is InChI=1S/C12H15ClO2S/c1-9-5-6-12-10(7-9)3-2-4-11(12)8-16(13,14)15/h5-7,11H,2-4,8H2,1H3. The van der Waals surface area contributed by atoms with Gasteiger partial charge < -0.3 is 0 Å². The van der Waals surface area contributed by atoms with Gasteiger partial charge in [0.15, 0.2) is 0 Å². The van der Waals surface area contributed by atoms with E-state index in [1.54, 1.807) is 0 Å². The van der Waals surface area contributed by atoms with Crippen LogP contribution >= 0.6 is 10.7 Å². The highest BCUT2D eigenvalue weighted by Crippen LogP contribution is 2.33. The van der Waals surface area contributed by atoms with Crippen molar-refractivity contribution in [2.24, 2.45) is 0 Å². The van der Waals surface area contributed by atoms with E-state index in [9.17, 15) is 8.42 Å². The monoisotopic (exact) mass is 258 g/mol. The Bertz CT molecular complexity index is 494. The van der Waals surface area contributed by atoms with E-state index in [1.165, 1.54) is 16.7 Å². The quantitative estimate of drug-likeness (QED) is 0.765. The van der Waals surface area contributed by atoms with Crippen LogP contribution < -0.4 is 0 Å². The van der Waals surface area contributed by atoms with Gasteiger partial charge >= 0.3 is 0 Å². The molecule has 0 amide bonds. The van der Waals surface area contributed by atoms with E-state index in [0.29, 0.717) is 0 Å². The van der Waals surface area contributed by atoms with Gasteiger partial charge in [-0.25, -0.2) is 8.42 Å². The first kappa shape index (κ1) is 11.9. The number of fused-ring (bicyclic) bond motifs is 1. The molecule has 0 aromatic heterocycles. The van der Waals surface area contributed by atoms with Gasteiger partial charge in [0, 0.05) is 10.7 Å². The molecule has 0 spiro atoms. The summed E-state index contributed by atoms with van der Waals surface area (Å²) in [5.74, 6) is 0.136. The van der Waals surface area contributed by atoms with E-state index in [2.05, 4.69) is 19.1 Å². The maximum Gasteiger partial charge on any atom is 0.233 e. The second-order valence-corrected chi connectivity index (χ2v) is 7.32. The lowest BCUT2D eigenvalue weighted by molar-refractivity contribution is 0.567. The normalized spacial score (nSPS) is 20.5. The number of hydrogen-bond donors (Lipinski definition) is 0. The molecule has 4 heteroatoms. The summed E-state index contributed by atoms with van der Waals surface area (Å²) < 4.78 is 22.3. The molecule has 0 saturated carbocycles. The third-order valence-electron chi connectivity index (χ3n) is 3.14. The summed E-state index contributed by atoms with van der Waals surface area (Å²) in [5, 5.41) is 0. The maximum absolute atomic E-state index is 11.1. The highest BCUT2D eigenvalue weighted by molar-refractivity contribution is 8.13. The summed E-state index contributed by atoms with van der Waals surface area (Å²) in [6.07, 6.45) is 3.02. The Hall–Kier alpha value is -0.540. The molecule has 0 heterocycles. The topological polar surface area (TPSA) is 34.1 Å². The van der Waals surface area contributed by atoms with Gasteiger partial charge in [-0.2, -0.15) is 0 Å². The third kappa shape index (κ3) is 2.77. The number of benzene rings is 1. The van der Waals surface area contributed by atoms with Crippen molar-refractivity contribution < 1.29 is 8.42 Å². The average molecular weight is 259 g/mol. The minimum absolute atomic E-state index is 0.0601. The molecule has 2 rings (SSSR count). The van der Waals surface area contributed by atoms with Crippen LogP contribution in [0.2, 0.25) is 0 Å². The second kappa shape index (κ2) is 4.38. The lowest BCUT2D eigenvalue weighted by Gasteiger charge is -2.24. The van der Waals surface area contributed by atoms with Crippen molar-refractivity contribution in [1.82, 2.24) is 0 Å². The summed E-state index contributed by atoms with van der Waals surface area (Å²) in [7, 11) is 1.93. The second-order valence-electron chi connectivity index (χ2n) is 4.50. The highest BCUT2D eigenvalue weighted by atomic mass is 35.7. The molecule has 0 N–H and O–H groups in total. The Morgan fingerprint density at radius 1 is 1.44 bits per heavy atom. The first-order valence-electron chi connectivity index (χ1n) is 5.47. The van der Waals surface area contributed by atoms with Gasteiger partial charge in [0.25, 0.3) is 0 Å². The van der Waals surface area contributed by atoms with E-state index in [0.717, 1.165) is 19.3 Å². The molecule has 1 atom stereocenters. The Balaban J connectivity index is 2.33. The fraction of sp³-hybridized carbons (Fsp3) is 0.500. The van der Waals surface area contributed by atoms with E-state index >= 15 is 0 Å². The molecule has 1 aliphatic carbocycles. The van der Waals surface area contributed by atoms with Crippen LogP contribution in [0.3, 0.4) is 0 Å². The van der Waals surface area contributed by atoms with E-state index in [4.69, 9.17) is 10.7 Å². The summed E-state index contributed by atoms with van der Waals surface area (Å²) >= 11 is 0. The third-order valence-corrected chi connectivity index (χ3v) is 4.32. The highest BCUT2D eigenvalue weighted by Gasteiger charge is 2.24. The van der Waals surface area contributed by atoms with Crippen LogP contribution in [0.4, 0.5) is 0 Å². The molecule has 1 unspecified atom stereocenters. The molecule has 0 bridgehead atoms. The number of rotatable bonds is 2. The van der Waals surface area contributed by atoms with Crippen molar-refractivity contribution in [3.63, 3.8) is 0 Å². The van der Waals surface area contributed by atoms with Crippen molar-refractivity contribution in [2.45, 2.75) is 32.1 Å². The fourth-order valence-electron chi connectivity index (χ4n) is 2.46. The van der Waals surface area contributed by atoms with Crippen LogP contribution in [-0.4, -0.2) is 14.2 Å². The van der Waals surface area contributed by atoms with Crippen molar-refractivity contribution in [3.8, 4) is 0 Å². The Kier molecular flexibility index (Phi) is 3.27. The first-order chi connectivity index (χ1) is 7.46. The van der Waals surface area contributed by atoms with E-state index < -0.39 is 9.05 Å². The summed E-state index contributed by atoms with van der Waals surface area (Å²) in [6, 6.07) is 6.25. The fourth-order valence-corrected chi connectivity index (χ4v) is 3.74. The number of hydrogen-bond acceptors (Lipinski definition) is 2. The smallest absolute Gasteiger partial charge is 0.212 e. The molecule has 0 radical (unpaired) electrons. The zero-order valence-corrected chi connectivity index (χ0v) is 10.8. The molecule has 1 aromatic rings. The Morgan fingerprint density at radius 3 is 2.88 bits per heavy atom. The minimum atomic E-state index is -3.40. The van der Waals surface area contributed by atoms with Crippen molar-refractivity contribution in [2.75, 3.05) is 5.75 Å². The number of aryl methyl sites for hydroxylation is 2. The van der Waals surface area contributed by atoms with Crippen LogP contribution in [0.1, 0.15) is 35.4 Å². The summed E-state index contributed by atoms with van der Waals surface area (Å²) in [6.45, 7) is 2.06. The minimum Gasteiger partial charge on any atom is -0.212 e. The van der Waals surface area contributed by atoms with Gasteiger partial charge in [0.1, 0.15) is 0 Å². The lowest BCUT2D eigenvalue weighted by Crippen LogP contribution is -2.16. The average Bonchev–Trinajstić information content (AvgIpc) is 2.15. The Labute approximate surface area is 101 Å². The molecule has 0 saturated heterocycles. The van der Waals surface area contributed by atoms with Gasteiger partial charge in [0.2, 0.25) is 9.05 Å². The zero-order valence-electron chi connectivity index (χ0n) is 9.24. The molecular weight excluding hydrogens is 244 g/mol. The SMILES string of the molecule is Cc1ccc2c(c1)CCCC2CS(=O)(=O)Cl. The molecule has 0 fully saturated rings. The van der Waals surface area contributed by atoms with Crippen LogP contribution in [0.5, 0.6) is 0 Å². The van der Waals surface area contributed by atoms with Gasteiger partial charge in [-0.1, -0.05) is 23.8 Å². The predicted octanol–water partition coefficient (Wildman–Crippen LogP) is 2.98. The van der Waals surface area contributed by atoms with Crippen LogP contribution in [0.25, 0.3) is 0 Å². The zero-order chi connectivity index (χ0) is 11.8.